The number of aromatic nitrogens is 9. The minimum Gasteiger partial charge on any atom is -0.358 e. The molecule has 0 saturated heterocycles. The maximum Gasteiger partial charge on any atom is 0.181 e. The van der Waals surface area contributed by atoms with Gasteiger partial charge in [-0.2, -0.15) is 5.10 Å². The SMILES string of the molecule is C=C(CC(C)C)Nc1cncc(-c2cnc3n[nH]c(-c4nc5c(-n6cnc(C)c6)nccc5[nH]4)c3c2)c1. The molecule has 10 heteroatoms. The predicted molar refractivity (Wildman–Crippen MR) is 144 cm³/mol. The van der Waals surface area contributed by atoms with Gasteiger partial charge in [0.15, 0.2) is 17.3 Å². The van der Waals surface area contributed by atoms with Gasteiger partial charge in [0, 0.05) is 41.6 Å². The van der Waals surface area contributed by atoms with Gasteiger partial charge in [0.25, 0.3) is 0 Å². The molecule has 3 N–H and O–H groups in total. The minimum atomic E-state index is 0.524. The Morgan fingerprint density at radius 1 is 1.11 bits per heavy atom. The number of nitrogens with one attached hydrogen (secondary N) is 3. The van der Waals surface area contributed by atoms with E-state index in [1.807, 2.05) is 36.0 Å². The standard InChI is InChI=1S/C27H26N10/c1-15(2)7-16(3)32-20-8-18(10-28-12-20)19-9-21-23(35-36-25(21)30-11-19)26-33-22-5-6-29-27(24(22)34-26)37-13-17(4)31-14-37/h5-6,8-15,32H,3,7H2,1-2,4H3,(H,33,34)(H,30,35,36). The minimum absolute atomic E-state index is 0.524. The van der Waals surface area contributed by atoms with Crippen LogP contribution in [0.5, 0.6) is 0 Å². The van der Waals surface area contributed by atoms with Crippen LogP contribution in [-0.4, -0.2) is 44.7 Å². The number of H-pyrrole nitrogens is 2. The summed E-state index contributed by atoms with van der Waals surface area (Å²) in [6, 6.07) is 6.00. The van der Waals surface area contributed by atoms with Crippen molar-refractivity contribution in [3.8, 4) is 28.5 Å². The molecule has 6 heterocycles. The highest BCUT2D eigenvalue weighted by atomic mass is 15.2. The van der Waals surface area contributed by atoms with Gasteiger partial charge in [-0.3, -0.25) is 14.6 Å². The lowest BCUT2D eigenvalue weighted by Crippen LogP contribution is -2.02. The Balaban J connectivity index is 1.38. The molecular weight excluding hydrogens is 464 g/mol. The van der Waals surface area contributed by atoms with Crippen molar-refractivity contribution in [2.24, 2.45) is 5.92 Å². The Hall–Kier alpha value is -4.86. The second-order valence-electron chi connectivity index (χ2n) is 9.52. The lowest BCUT2D eigenvalue weighted by atomic mass is 10.1. The molecule has 0 saturated carbocycles. The summed E-state index contributed by atoms with van der Waals surface area (Å²) in [6.45, 7) is 10.4. The Bertz CT molecular complexity index is 1750. The summed E-state index contributed by atoms with van der Waals surface area (Å²) in [5, 5.41) is 11.7. The number of aryl methyl sites for hydroxylation is 1. The summed E-state index contributed by atoms with van der Waals surface area (Å²) >= 11 is 0. The summed E-state index contributed by atoms with van der Waals surface area (Å²) in [6.07, 6.45) is 11.7. The Labute approximate surface area is 213 Å². The normalized spacial score (nSPS) is 11.6. The fraction of sp³-hybridized carbons (Fsp3) is 0.185. The largest absolute Gasteiger partial charge is 0.358 e. The number of hydrogen-bond acceptors (Lipinski definition) is 7. The molecule has 6 aromatic heterocycles. The quantitative estimate of drug-likeness (QED) is 0.273. The zero-order valence-electron chi connectivity index (χ0n) is 20.8. The Morgan fingerprint density at radius 2 is 1.97 bits per heavy atom. The van der Waals surface area contributed by atoms with E-state index in [0.717, 1.165) is 56.7 Å². The van der Waals surface area contributed by atoms with Crippen molar-refractivity contribution in [1.29, 1.82) is 0 Å². The lowest BCUT2D eigenvalue weighted by Gasteiger charge is -2.12. The number of anilines is 1. The van der Waals surface area contributed by atoms with Crippen LogP contribution in [0.3, 0.4) is 0 Å². The van der Waals surface area contributed by atoms with Crippen LogP contribution in [0.15, 0.2) is 67.8 Å². The van der Waals surface area contributed by atoms with E-state index in [1.165, 1.54) is 0 Å². The summed E-state index contributed by atoms with van der Waals surface area (Å²) in [5.74, 6) is 1.88. The van der Waals surface area contributed by atoms with Gasteiger partial charge in [-0.05, 0) is 37.5 Å². The maximum absolute atomic E-state index is 4.87. The molecule has 0 radical (unpaired) electrons. The van der Waals surface area contributed by atoms with Crippen molar-refractivity contribution in [3.05, 3.63) is 73.5 Å². The van der Waals surface area contributed by atoms with E-state index in [1.54, 1.807) is 24.9 Å². The summed E-state index contributed by atoms with van der Waals surface area (Å²) in [5.41, 5.74) is 7.59. The van der Waals surface area contributed by atoms with E-state index >= 15 is 0 Å². The lowest BCUT2D eigenvalue weighted by molar-refractivity contribution is 0.645. The smallest absolute Gasteiger partial charge is 0.181 e. The van der Waals surface area contributed by atoms with Crippen molar-refractivity contribution < 1.29 is 0 Å². The second-order valence-corrected chi connectivity index (χ2v) is 9.52. The molecule has 37 heavy (non-hydrogen) atoms. The molecule has 184 valence electrons. The number of pyridine rings is 3. The van der Waals surface area contributed by atoms with Gasteiger partial charge in [0.2, 0.25) is 0 Å². The van der Waals surface area contributed by atoms with E-state index in [0.29, 0.717) is 23.2 Å². The summed E-state index contributed by atoms with van der Waals surface area (Å²) in [7, 11) is 0. The van der Waals surface area contributed by atoms with Gasteiger partial charge in [-0.15, -0.1) is 0 Å². The van der Waals surface area contributed by atoms with E-state index < -0.39 is 0 Å². The van der Waals surface area contributed by atoms with Crippen molar-refractivity contribution in [1.82, 2.24) is 44.7 Å². The molecule has 10 nitrogen and oxygen atoms in total. The van der Waals surface area contributed by atoms with E-state index in [4.69, 9.17) is 4.98 Å². The Morgan fingerprint density at radius 3 is 2.78 bits per heavy atom. The molecular formula is C27H26N10. The summed E-state index contributed by atoms with van der Waals surface area (Å²) < 4.78 is 1.87. The van der Waals surface area contributed by atoms with Crippen LogP contribution in [0.4, 0.5) is 5.69 Å². The Kier molecular flexibility index (Phi) is 5.48. The molecule has 0 aliphatic carbocycles. The first-order chi connectivity index (χ1) is 17.9. The maximum atomic E-state index is 4.87. The average Bonchev–Trinajstić information content (AvgIpc) is 3.60. The first-order valence-corrected chi connectivity index (χ1v) is 12.0. The third kappa shape index (κ3) is 4.33. The fourth-order valence-corrected chi connectivity index (χ4v) is 4.42. The average molecular weight is 491 g/mol. The highest BCUT2D eigenvalue weighted by Crippen LogP contribution is 2.30. The molecule has 0 bridgehead atoms. The van der Waals surface area contributed by atoms with Crippen LogP contribution in [0, 0.1) is 12.8 Å². The fourth-order valence-electron chi connectivity index (χ4n) is 4.42. The van der Waals surface area contributed by atoms with Gasteiger partial charge in [0.1, 0.15) is 17.5 Å². The molecule has 0 aliphatic rings. The summed E-state index contributed by atoms with van der Waals surface area (Å²) in [4.78, 5) is 26.1. The highest BCUT2D eigenvalue weighted by Gasteiger charge is 2.17. The van der Waals surface area contributed by atoms with E-state index in [2.05, 4.69) is 66.9 Å². The van der Waals surface area contributed by atoms with Gasteiger partial charge >= 0.3 is 0 Å². The van der Waals surface area contributed by atoms with Crippen molar-refractivity contribution in [2.45, 2.75) is 27.2 Å². The van der Waals surface area contributed by atoms with Crippen LogP contribution in [0.25, 0.3) is 50.5 Å². The molecule has 0 aromatic carbocycles. The van der Waals surface area contributed by atoms with E-state index in [9.17, 15) is 0 Å². The van der Waals surface area contributed by atoms with Crippen molar-refractivity contribution in [3.63, 3.8) is 0 Å². The highest BCUT2D eigenvalue weighted by molar-refractivity contribution is 5.94. The van der Waals surface area contributed by atoms with Crippen LogP contribution >= 0.6 is 0 Å². The predicted octanol–water partition coefficient (Wildman–Crippen LogP) is 5.42. The number of hydrogen-bond donors (Lipinski definition) is 3. The number of nitrogens with zero attached hydrogens (tertiary/aromatic N) is 7. The number of fused-ring (bicyclic) bond motifs is 2. The van der Waals surface area contributed by atoms with E-state index in [-0.39, 0.29) is 0 Å². The van der Waals surface area contributed by atoms with Crippen LogP contribution in [0.2, 0.25) is 0 Å². The van der Waals surface area contributed by atoms with Crippen LogP contribution in [0.1, 0.15) is 26.0 Å². The molecule has 0 amide bonds. The number of aromatic amines is 2. The van der Waals surface area contributed by atoms with Gasteiger partial charge in [-0.25, -0.2) is 19.9 Å². The molecule has 6 rings (SSSR count). The van der Waals surface area contributed by atoms with Gasteiger partial charge in [0.05, 0.1) is 28.5 Å². The van der Waals surface area contributed by atoms with Crippen molar-refractivity contribution >= 4 is 27.8 Å². The number of allylic oxidation sites excluding steroid dienone is 1. The third-order valence-electron chi connectivity index (χ3n) is 6.03. The molecule has 6 aromatic rings. The zero-order chi connectivity index (χ0) is 25.5. The molecule has 0 fully saturated rings. The topological polar surface area (TPSA) is 126 Å². The van der Waals surface area contributed by atoms with Crippen LogP contribution < -0.4 is 5.32 Å². The molecule has 0 atom stereocenters. The first kappa shape index (κ1) is 22.6. The van der Waals surface area contributed by atoms with Crippen LogP contribution in [-0.2, 0) is 0 Å². The third-order valence-corrected chi connectivity index (χ3v) is 6.03. The molecule has 0 spiro atoms. The molecule has 0 aliphatic heterocycles. The molecule has 0 unspecified atom stereocenters. The second kappa shape index (κ2) is 8.98. The zero-order valence-corrected chi connectivity index (χ0v) is 20.8. The first-order valence-electron chi connectivity index (χ1n) is 12.0. The van der Waals surface area contributed by atoms with Gasteiger partial charge < -0.3 is 10.3 Å². The number of rotatable bonds is 7. The van der Waals surface area contributed by atoms with Gasteiger partial charge in [-0.1, -0.05) is 20.4 Å². The van der Waals surface area contributed by atoms with Crippen molar-refractivity contribution in [2.75, 3.05) is 5.32 Å². The number of imidazole rings is 2. The monoisotopic (exact) mass is 490 g/mol.